The van der Waals surface area contributed by atoms with Crippen LogP contribution in [0.15, 0.2) is 83.2 Å². The first-order valence-corrected chi connectivity index (χ1v) is 10.4. The predicted molar refractivity (Wildman–Crippen MR) is 120 cm³/mol. The summed E-state index contributed by atoms with van der Waals surface area (Å²) in [4.78, 5) is 22.8. The van der Waals surface area contributed by atoms with E-state index >= 15 is 0 Å². The Kier molecular flexibility index (Phi) is 7.02. The van der Waals surface area contributed by atoms with Crippen LogP contribution in [0.5, 0.6) is 0 Å². The zero-order valence-electron chi connectivity index (χ0n) is 16.9. The molecule has 6 nitrogen and oxygen atoms in total. The maximum atomic E-state index is 4.83. The molecule has 2 atom stereocenters. The van der Waals surface area contributed by atoms with Crippen LogP contribution >= 0.6 is 0 Å². The van der Waals surface area contributed by atoms with E-state index in [4.69, 9.17) is 9.98 Å². The standard InChI is InChI=1S/C24H26N6/c1-4-10-25-19(7-1)16-28-22-13-23(29-17-20-8-2-5-11-26-20)15-24(14-22)30-18-21-9-3-6-12-27-21/h1-12,16-17,22-24,30H,13-15,18H2. The number of aliphatic imine (C=N–C) groups is 2. The Morgan fingerprint density at radius 3 is 1.80 bits per heavy atom. The molecular weight excluding hydrogens is 372 g/mol. The van der Waals surface area contributed by atoms with E-state index in [1.807, 2.05) is 73.2 Å². The summed E-state index contributed by atoms with van der Waals surface area (Å²) < 4.78 is 0. The molecule has 1 aliphatic carbocycles. The molecule has 0 radical (unpaired) electrons. The van der Waals surface area contributed by atoms with E-state index in [1.54, 1.807) is 12.4 Å². The van der Waals surface area contributed by atoms with Gasteiger partial charge in [0.2, 0.25) is 0 Å². The Morgan fingerprint density at radius 1 is 0.733 bits per heavy atom. The number of rotatable bonds is 7. The highest BCUT2D eigenvalue weighted by Crippen LogP contribution is 2.24. The van der Waals surface area contributed by atoms with Crippen molar-refractivity contribution < 1.29 is 0 Å². The van der Waals surface area contributed by atoms with Crippen LogP contribution in [0, 0.1) is 0 Å². The van der Waals surface area contributed by atoms with Crippen LogP contribution < -0.4 is 5.32 Å². The van der Waals surface area contributed by atoms with Gasteiger partial charge in [-0.25, -0.2) is 0 Å². The Hall–Kier alpha value is -3.25. The first-order chi connectivity index (χ1) is 14.8. The summed E-state index contributed by atoms with van der Waals surface area (Å²) in [5, 5.41) is 3.65. The second kappa shape index (κ2) is 10.5. The SMILES string of the molecule is C(=NC1CC(N=Cc2ccccn2)CC(NCc2ccccn2)C1)c1ccccn1. The fourth-order valence-electron chi connectivity index (χ4n) is 3.69. The van der Waals surface area contributed by atoms with E-state index in [0.717, 1.165) is 42.9 Å². The van der Waals surface area contributed by atoms with Crippen molar-refractivity contribution in [1.29, 1.82) is 0 Å². The first kappa shape index (κ1) is 20.0. The third-order valence-electron chi connectivity index (χ3n) is 5.17. The summed E-state index contributed by atoms with van der Waals surface area (Å²) in [5.74, 6) is 0. The van der Waals surface area contributed by atoms with Crippen LogP contribution in [-0.4, -0.2) is 45.5 Å². The van der Waals surface area contributed by atoms with Gasteiger partial charge in [0, 0.05) is 43.6 Å². The molecular formula is C24H26N6. The average Bonchev–Trinajstić information content (AvgIpc) is 2.82. The molecule has 1 saturated carbocycles. The lowest BCUT2D eigenvalue weighted by Gasteiger charge is -2.32. The van der Waals surface area contributed by atoms with Crippen molar-refractivity contribution in [2.24, 2.45) is 9.98 Å². The number of nitrogens with one attached hydrogen (secondary N) is 1. The smallest absolute Gasteiger partial charge is 0.0807 e. The van der Waals surface area contributed by atoms with Gasteiger partial charge in [-0.15, -0.1) is 0 Å². The molecule has 1 fully saturated rings. The number of nitrogens with zero attached hydrogens (tertiary/aromatic N) is 5. The van der Waals surface area contributed by atoms with Crippen LogP contribution in [0.2, 0.25) is 0 Å². The molecule has 0 aliphatic heterocycles. The highest BCUT2D eigenvalue weighted by atomic mass is 15.0. The molecule has 2 unspecified atom stereocenters. The summed E-state index contributed by atoms with van der Waals surface area (Å²) in [6.45, 7) is 0.749. The van der Waals surface area contributed by atoms with Crippen molar-refractivity contribution in [3.63, 3.8) is 0 Å². The fraction of sp³-hybridized carbons (Fsp3) is 0.292. The first-order valence-electron chi connectivity index (χ1n) is 10.4. The second-order valence-corrected chi connectivity index (χ2v) is 7.48. The van der Waals surface area contributed by atoms with E-state index in [2.05, 4.69) is 20.3 Å². The lowest BCUT2D eigenvalue weighted by Crippen LogP contribution is -2.40. The maximum Gasteiger partial charge on any atom is 0.0807 e. The summed E-state index contributed by atoms with van der Waals surface area (Å²) >= 11 is 0. The molecule has 1 aliphatic rings. The third kappa shape index (κ3) is 6.12. The van der Waals surface area contributed by atoms with Crippen LogP contribution in [0.4, 0.5) is 0 Å². The predicted octanol–water partition coefficient (Wildman–Crippen LogP) is 3.49. The van der Waals surface area contributed by atoms with E-state index < -0.39 is 0 Å². The normalized spacial score (nSPS) is 21.9. The van der Waals surface area contributed by atoms with E-state index in [1.165, 1.54) is 0 Å². The van der Waals surface area contributed by atoms with Crippen LogP contribution in [0.1, 0.15) is 36.3 Å². The van der Waals surface area contributed by atoms with Crippen molar-refractivity contribution in [3.8, 4) is 0 Å². The van der Waals surface area contributed by atoms with Gasteiger partial charge in [-0.05, 0) is 55.7 Å². The topological polar surface area (TPSA) is 75.4 Å². The van der Waals surface area contributed by atoms with Crippen molar-refractivity contribution in [2.45, 2.75) is 43.9 Å². The van der Waals surface area contributed by atoms with Gasteiger partial charge in [0.25, 0.3) is 0 Å². The average molecular weight is 399 g/mol. The quantitative estimate of drug-likeness (QED) is 0.618. The number of pyridine rings is 3. The summed E-state index contributed by atoms with van der Waals surface area (Å²) in [5.41, 5.74) is 2.81. The second-order valence-electron chi connectivity index (χ2n) is 7.48. The van der Waals surface area contributed by atoms with E-state index in [9.17, 15) is 0 Å². The van der Waals surface area contributed by atoms with E-state index in [-0.39, 0.29) is 12.1 Å². The van der Waals surface area contributed by atoms with Crippen molar-refractivity contribution in [3.05, 3.63) is 90.3 Å². The molecule has 30 heavy (non-hydrogen) atoms. The molecule has 0 bridgehead atoms. The minimum atomic E-state index is 0.202. The maximum absolute atomic E-state index is 4.83. The summed E-state index contributed by atoms with van der Waals surface area (Å²) in [7, 11) is 0. The Balaban J connectivity index is 1.43. The van der Waals surface area contributed by atoms with Gasteiger partial charge in [-0.3, -0.25) is 24.9 Å². The van der Waals surface area contributed by atoms with Gasteiger partial charge in [0.05, 0.1) is 29.2 Å². The zero-order valence-corrected chi connectivity index (χ0v) is 16.9. The van der Waals surface area contributed by atoms with Crippen molar-refractivity contribution >= 4 is 12.4 Å². The molecule has 0 aromatic carbocycles. The van der Waals surface area contributed by atoms with Gasteiger partial charge in [0.1, 0.15) is 0 Å². The van der Waals surface area contributed by atoms with Gasteiger partial charge >= 0.3 is 0 Å². The van der Waals surface area contributed by atoms with Crippen molar-refractivity contribution in [1.82, 2.24) is 20.3 Å². The largest absolute Gasteiger partial charge is 0.308 e. The van der Waals surface area contributed by atoms with Crippen LogP contribution in [-0.2, 0) is 6.54 Å². The highest BCUT2D eigenvalue weighted by molar-refractivity contribution is 5.77. The minimum Gasteiger partial charge on any atom is -0.308 e. The molecule has 1 N–H and O–H groups in total. The molecule has 6 heteroatoms. The molecule has 4 rings (SSSR count). The summed E-state index contributed by atoms with van der Waals surface area (Å²) in [6.07, 6.45) is 12.1. The molecule has 0 amide bonds. The van der Waals surface area contributed by atoms with Crippen molar-refractivity contribution in [2.75, 3.05) is 0 Å². The Bertz CT molecular complexity index is 886. The lowest BCUT2D eigenvalue weighted by molar-refractivity contribution is 0.310. The monoisotopic (exact) mass is 398 g/mol. The van der Waals surface area contributed by atoms with Crippen LogP contribution in [0.25, 0.3) is 0 Å². The lowest BCUT2D eigenvalue weighted by atomic mass is 9.87. The number of aromatic nitrogens is 3. The van der Waals surface area contributed by atoms with Gasteiger partial charge in [0.15, 0.2) is 0 Å². The zero-order chi connectivity index (χ0) is 20.4. The van der Waals surface area contributed by atoms with E-state index in [0.29, 0.717) is 6.04 Å². The number of hydrogen-bond donors (Lipinski definition) is 1. The fourth-order valence-corrected chi connectivity index (χ4v) is 3.69. The Morgan fingerprint density at radius 2 is 1.30 bits per heavy atom. The highest BCUT2D eigenvalue weighted by Gasteiger charge is 2.28. The molecule has 0 spiro atoms. The molecule has 3 aromatic rings. The van der Waals surface area contributed by atoms with Crippen LogP contribution in [0.3, 0.4) is 0 Å². The third-order valence-corrected chi connectivity index (χ3v) is 5.17. The van der Waals surface area contributed by atoms with Gasteiger partial charge in [-0.1, -0.05) is 18.2 Å². The molecule has 0 saturated heterocycles. The van der Waals surface area contributed by atoms with Gasteiger partial charge in [-0.2, -0.15) is 0 Å². The summed E-state index contributed by atoms with van der Waals surface area (Å²) in [6, 6.07) is 18.5. The van der Waals surface area contributed by atoms with Gasteiger partial charge < -0.3 is 5.32 Å². The molecule has 3 aromatic heterocycles. The molecule has 3 heterocycles. The Labute approximate surface area is 177 Å². The molecule has 152 valence electrons. The minimum absolute atomic E-state index is 0.202. The number of hydrogen-bond acceptors (Lipinski definition) is 6.